The van der Waals surface area contributed by atoms with Crippen molar-refractivity contribution in [3.63, 3.8) is 0 Å². The fraction of sp³-hybridized carbons (Fsp3) is 0.400. The number of amidine groups is 1. The van der Waals surface area contributed by atoms with Crippen molar-refractivity contribution >= 4 is 39.3 Å². The van der Waals surface area contributed by atoms with Crippen LogP contribution in [0.5, 0.6) is 0 Å². The van der Waals surface area contributed by atoms with Crippen molar-refractivity contribution < 1.29 is 20.1 Å². The quantitative estimate of drug-likeness (QED) is 0.552. The molecule has 1 fully saturated rings. The molecule has 132 valence electrons. The third-order valence-electron chi connectivity index (χ3n) is 4.51. The lowest BCUT2D eigenvalue weighted by molar-refractivity contribution is -0.0955. The van der Waals surface area contributed by atoms with Gasteiger partial charge in [0.15, 0.2) is 6.23 Å². The van der Waals surface area contributed by atoms with E-state index in [0.29, 0.717) is 16.6 Å². The molecule has 0 aromatic carbocycles. The van der Waals surface area contributed by atoms with Crippen LogP contribution in [0.15, 0.2) is 28.1 Å². The highest BCUT2D eigenvalue weighted by atomic mass is 35.5. The first-order valence-electron chi connectivity index (χ1n) is 7.57. The van der Waals surface area contributed by atoms with Gasteiger partial charge in [0, 0.05) is 17.6 Å². The third kappa shape index (κ3) is 2.35. The number of nitrogens with zero attached hydrogens (tertiary/aromatic N) is 3. The normalized spacial score (nSPS) is 31.1. The van der Waals surface area contributed by atoms with Crippen LogP contribution in [0, 0.1) is 0 Å². The maximum atomic E-state index is 11.7. The van der Waals surface area contributed by atoms with Crippen LogP contribution < -0.4 is 10.9 Å². The number of halogens is 1. The van der Waals surface area contributed by atoms with Gasteiger partial charge in [-0.25, -0.2) is 4.99 Å². The maximum Gasteiger partial charge on any atom is 0.271 e. The zero-order chi connectivity index (χ0) is 17.9. The van der Waals surface area contributed by atoms with E-state index in [9.17, 15) is 20.1 Å². The molecule has 25 heavy (non-hydrogen) atoms. The number of hydrogen-bond acceptors (Lipinski definition) is 8. The minimum atomic E-state index is -1.68. The van der Waals surface area contributed by atoms with E-state index in [1.807, 2.05) is 0 Å². The molecular formula is C15H15ClN4O5. The lowest BCUT2D eigenvalue weighted by Crippen LogP contribution is -2.44. The highest BCUT2D eigenvalue weighted by molar-refractivity contribution is 6.68. The van der Waals surface area contributed by atoms with E-state index >= 15 is 0 Å². The Morgan fingerprint density at radius 2 is 2.24 bits per heavy atom. The first-order chi connectivity index (χ1) is 11.8. The van der Waals surface area contributed by atoms with Crippen LogP contribution in [-0.4, -0.2) is 54.6 Å². The van der Waals surface area contributed by atoms with Gasteiger partial charge in [0.25, 0.3) is 5.56 Å². The number of aliphatic hydroxyl groups excluding tert-OH is 2. The number of nitrogens with one attached hydrogen (secondary N) is 1. The zero-order valence-electron chi connectivity index (χ0n) is 13.0. The number of aliphatic imine (C=N–C) groups is 1. The van der Waals surface area contributed by atoms with Gasteiger partial charge in [0.05, 0.1) is 12.0 Å². The minimum absolute atomic E-state index is 0.00347. The lowest BCUT2D eigenvalue weighted by Gasteiger charge is -2.28. The van der Waals surface area contributed by atoms with Crippen LogP contribution in [0.1, 0.15) is 13.2 Å². The van der Waals surface area contributed by atoms with E-state index in [1.54, 1.807) is 12.3 Å². The van der Waals surface area contributed by atoms with Gasteiger partial charge in [-0.15, -0.1) is 0 Å². The Kier molecular flexibility index (Phi) is 3.60. The molecule has 4 atom stereocenters. The highest BCUT2D eigenvalue weighted by Crippen LogP contribution is 2.44. The summed E-state index contributed by atoms with van der Waals surface area (Å²) in [7, 11) is 0. The summed E-state index contributed by atoms with van der Waals surface area (Å²) in [6, 6.07) is 2.88. The first kappa shape index (κ1) is 16.4. The number of ether oxygens (including phenoxy) is 1. The zero-order valence-corrected chi connectivity index (χ0v) is 13.8. The third-order valence-corrected chi connectivity index (χ3v) is 4.69. The van der Waals surface area contributed by atoms with Crippen LogP contribution in [0.25, 0.3) is 10.8 Å². The summed E-state index contributed by atoms with van der Waals surface area (Å²) >= 11 is 6.01. The Morgan fingerprint density at radius 1 is 1.48 bits per heavy atom. The van der Waals surface area contributed by atoms with Crippen molar-refractivity contribution in [3.8, 4) is 0 Å². The van der Waals surface area contributed by atoms with Crippen molar-refractivity contribution in [3.05, 3.63) is 28.7 Å². The number of rotatable bonds is 2. The lowest BCUT2D eigenvalue weighted by atomic mass is 9.96. The highest BCUT2D eigenvalue weighted by Gasteiger charge is 2.53. The number of aromatic nitrogens is 2. The predicted octanol–water partition coefficient (Wildman–Crippen LogP) is 0.0499. The van der Waals surface area contributed by atoms with E-state index in [1.165, 1.54) is 17.6 Å². The molecule has 0 radical (unpaired) electrons. The molecule has 0 spiro atoms. The van der Waals surface area contributed by atoms with Crippen molar-refractivity contribution in [1.82, 2.24) is 9.55 Å². The van der Waals surface area contributed by atoms with E-state index in [2.05, 4.69) is 15.3 Å². The van der Waals surface area contributed by atoms with Gasteiger partial charge in [0.1, 0.15) is 29.4 Å². The van der Waals surface area contributed by atoms with Crippen molar-refractivity contribution in [2.24, 2.45) is 4.99 Å². The van der Waals surface area contributed by atoms with E-state index in [-0.39, 0.29) is 11.1 Å². The molecular weight excluding hydrogens is 352 g/mol. The van der Waals surface area contributed by atoms with Gasteiger partial charge < -0.3 is 29.9 Å². The van der Waals surface area contributed by atoms with Crippen LogP contribution in [0.2, 0.25) is 0 Å². The molecule has 2 aromatic heterocycles. The smallest absolute Gasteiger partial charge is 0.271 e. The van der Waals surface area contributed by atoms with Crippen molar-refractivity contribution in [2.75, 3.05) is 11.9 Å². The first-order valence-corrected chi connectivity index (χ1v) is 7.94. The average molecular weight is 367 g/mol. The molecule has 0 amide bonds. The standard InChI is InChI=1S/C15H15ClN4O5/c1-15(24)10(23)7(5-21)25-13(15)20-4-6-2-3-8(22)17-11-9(6)12(20)19-14(16)18-11/h2-4,7,10,13,21,23-24H,5H2,1H3,(H,17,18,19,22)/t7-,10-,13-,15-/m1/s1. The molecule has 0 unspecified atom stereocenters. The molecule has 10 heteroatoms. The Morgan fingerprint density at radius 3 is 2.92 bits per heavy atom. The summed E-state index contributed by atoms with van der Waals surface area (Å²) in [5.41, 5.74) is -2.12. The molecule has 0 bridgehead atoms. The second kappa shape index (κ2) is 5.48. The summed E-state index contributed by atoms with van der Waals surface area (Å²) in [6.45, 7) is 0.966. The topological polar surface area (TPSA) is 129 Å². The molecule has 2 aliphatic heterocycles. The summed E-state index contributed by atoms with van der Waals surface area (Å²) in [5.74, 6) is 0.573. The molecule has 4 N–H and O–H groups in total. The second-order valence-corrected chi connectivity index (χ2v) is 6.59. The molecule has 0 saturated carbocycles. The van der Waals surface area contributed by atoms with Crippen molar-refractivity contribution in [1.29, 1.82) is 0 Å². The summed E-state index contributed by atoms with van der Waals surface area (Å²) < 4.78 is 7.16. The number of anilines is 1. The van der Waals surface area contributed by atoms with E-state index in [0.717, 1.165) is 0 Å². The molecule has 9 nitrogen and oxygen atoms in total. The van der Waals surface area contributed by atoms with Gasteiger partial charge in [-0.05, 0) is 24.6 Å². The van der Waals surface area contributed by atoms with Gasteiger partial charge in [-0.3, -0.25) is 4.79 Å². The maximum absolute atomic E-state index is 11.7. The van der Waals surface area contributed by atoms with E-state index in [4.69, 9.17) is 16.3 Å². The Bertz CT molecular complexity index is 957. The predicted molar refractivity (Wildman–Crippen MR) is 90.2 cm³/mol. The molecule has 0 aliphatic carbocycles. The van der Waals surface area contributed by atoms with Gasteiger partial charge in [-0.2, -0.15) is 4.98 Å². The largest absolute Gasteiger partial charge is 0.394 e. The summed E-state index contributed by atoms with van der Waals surface area (Å²) in [5, 5.41) is 34.2. The van der Waals surface area contributed by atoms with Crippen LogP contribution in [0.4, 0.5) is 11.6 Å². The SMILES string of the molecule is C[C@@]1(O)[C@H](O)[C@@H](CO)O[C@H]1n1cc2ccc(=O)nc3c2c1N=C(Cl)N3. The van der Waals surface area contributed by atoms with Crippen LogP contribution in [0.3, 0.4) is 0 Å². The number of aliphatic hydroxyl groups is 3. The minimum Gasteiger partial charge on any atom is -0.394 e. The van der Waals surface area contributed by atoms with Crippen molar-refractivity contribution in [2.45, 2.75) is 31.0 Å². The molecule has 2 aliphatic rings. The monoisotopic (exact) mass is 366 g/mol. The van der Waals surface area contributed by atoms with Crippen LogP contribution >= 0.6 is 11.6 Å². The molecule has 4 rings (SSSR count). The Hall–Kier alpha value is -2.04. The fourth-order valence-electron chi connectivity index (χ4n) is 3.26. The molecule has 4 heterocycles. The molecule has 2 aromatic rings. The van der Waals surface area contributed by atoms with Gasteiger partial charge in [0.2, 0.25) is 5.29 Å². The average Bonchev–Trinajstić information content (AvgIpc) is 2.94. The fourth-order valence-corrected chi connectivity index (χ4v) is 3.43. The molecule has 1 saturated heterocycles. The van der Waals surface area contributed by atoms with Gasteiger partial charge >= 0.3 is 0 Å². The summed E-state index contributed by atoms with van der Waals surface area (Å²) in [4.78, 5) is 19.9. The van der Waals surface area contributed by atoms with E-state index < -0.39 is 36.2 Å². The Balaban J connectivity index is 1.97. The number of hydrogen-bond donors (Lipinski definition) is 4. The van der Waals surface area contributed by atoms with Crippen LogP contribution in [-0.2, 0) is 4.74 Å². The summed E-state index contributed by atoms with van der Waals surface area (Å²) in [6.07, 6.45) is -1.62. The van der Waals surface area contributed by atoms with Gasteiger partial charge in [-0.1, -0.05) is 0 Å². The second-order valence-electron chi connectivity index (χ2n) is 6.23. The Labute approximate surface area is 146 Å².